The first-order valence-electron chi connectivity index (χ1n) is 10.3. The Bertz CT molecular complexity index is 1360. The lowest BCUT2D eigenvalue weighted by Gasteiger charge is -2.16. The number of rotatable bonds is 7. The van der Waals surface area contributed by atoms with E-state index in [4.69, 9.17) is 14.2 Å². The zero-order chi connectivity index (χ0) is 24.5. The molecule has 11 nitrogen and oxygen atoms in total. The summed E-state index contributed by atoms with van der Waals surface area (Å²) in [5, 5.41) is 5.60. The predicted octanol–water partition coefficient (Wildman–Crippen LogP) is 3.16. The van der Waals surface area contributed by atoms with Gasteiger partial charge in [-0.05, 0) is 26.0 Å². The highest BCUT2D eigenvalue weighted by atomic mass is 32.2. The maximum atomic E-state index is 12.2. The number of amides is 1. The Morgan fingerprint density at radius 3 is 2.62 bits per heavy atom. The molecule has 0 unspecified atom stereocenters. The van der Waals surface area contributed by atoms with E-state index in [1.807, 2.05) is 13.8 Å². The van der Waals surface area contributed by atoms with Crippen LogP contribution in [-0.2, 0) is 14.6 Å². The van der Waals surface area contributed by atoms with E-state index in [1.54, 1.807) is 24.3 Å². The molecule has 0 saturated heterocycles. The lowest BCUT2D eigenvalue weighted by atomic mass is 10.1. The van der Waals surface area contributed by atoms with Crippen LogP contribution in [0.4, 0.5) is 17.3 Å². The monoisotopic (exact) mass is 485 g/mol. The van der Waals surface area contributed by atoms with E-state index in [1.165, 1.54) is 19.2 Å². The summed E-state index contributed by atoms with van der Waals surface area (Å²) in [7, 11) is -3.61. The van der Waals surface area contributed by atoms with Crippen molar-refractivity contribution in [2.24, 2.45) is 0 Å². The number of anilines is 3. The van der Waals surface area contributed by atoms with Crippen molar-refractivity contribution in [3.63, 3.8) is 0 Å². The first kappa shape index (κ1) is 23.2. The van der Waals surface area contributed by atoms with Crippen molar-refractivity contribution in [3.05, 3.63) is 36.5 Å². The van der Waals surface area contributed by atoms with E-state index in [0.717, 1.165) is 6.26 Å². The van der Waals surface area contributed by atoms with Crippen molar-refractivity contribution in [2.45, 2.75) is 31.9 Å². The number of carbonyl (C=O) groups excluding carboxylic acids is 1. The summed E-state index contributed by atoms with van der Waals surface area (Å²) in [6.07, 6.45) is 2.43. The number of nitrogens with one attached hydrogen (secondary N) is 2. The SMILES string of the molecule is CC(=O)Nc1cc(Nc2cc(OC(C)C)cc(S(C)(=O)=O)n2)c(-c2ccc3c(n2)OCO3)cn1. The molecule has 4 rings (SSSR count). The second-order valence-corrected chi connectivity index (χ2v) is 9.76. The third-order valence-corrected chi connectivity index (χ3v) is 5.48. The summed E-state index contributed by atoms with van der Waals surface area (Å²) in [6, 6.07) is 8.02. The Labute approximate surface area is 196 Å². The van der Waals surface area contributed by atoms with Gasteiger partial charge in [0.2, 0.25) is 12.7 Å². The maximum absolute atomic E-state index is 12.2. The molecule has 178 valence electrons. The van der Waals surface area contributed by atoms with Gasteiger partial charge in [-0.1, -0.05) is 0 Å². The number of carbonyl (C=O) groups is 1. The summed E-state index contributed by atoms with van der Waals surface area (Å²) >= 11 is 0. The molecule has 1 aliphatic rings. The first-order valence-corrected chi connectivity index (χ1v) is 12.2. The fourth-order valence-corrected chi connectivity index (χ4v) is 3.76. The second kappa shape index (κ2) is 9.14. The molecule has 1 amide bonds. The van der Waals surface area contributed by atoms with Crippen LogP contribution >= 0.6 is 0 Å². The van der Waals surface area contributed by atoms with Gasteiger partial charge in [0.15, 0.2) is 20.6 Å². The molecule has 0 aliphatic carbocycles. The topological polar surface area (TPSA) is 142 Å². The lowest BCUT2D eigenvalue weighted by Crippen LogP contribution is -2.10. The van der Waals surface area contributed by atoms with E-state index >= 15 is 0 Å². The molecule has 12 heteroatoms. The standard InChI is InChI=1S/C22H23N5O6S/c1-12(2)33-14-7-20(27-21(8-14)34(4,29)30)25-17-9-19(24-13(3)28)23-10-15(17)16-5-6-18-22(26-16)32-11-31-18/h5-10,12H,11H2,1-4H3,(H2,23,24,25,27,28). The highest BCUT2D eigenvalue weighted by molar-refractivity contribution is 7.90. The first-order chi connectivity index (χ1) is 16.1. The quantitative estimate of drug-likeness (QED) is 0.512. The van der Waals surface area contributed by atoms with Crippen LogP contribution in [-0.4, -0.2) is 48.4 Å². The van der Waals surface area contributed by atoms with Gasteiger partial charge in [-0.2, -0.15) is 0 Å². The van der Waals surface area contributed by atoms with Crippen molar-refractivity contribution < 1.29 is 27.4 Å². The third kappa shape index (κ3) is 5.34. The summed E-state index contributed by atoms with van der Waals surface area (Å²) in [5.74, 6) is 1.43. The van der Waals surface area contributed by atoms with Gasteiger partial charge >= 0.3 is 0 Å². The Morgan fingerprint density at radius 2 is 1.91 bits per heavy atom. The molecule has 2 N–H and O–H groups in total. The lowest BCUT2D eigenvalue weighted by molar-refractivity contribution is -0.114. The minimum absolute atomic E-state index is 0.0808. The highest BCUT2D eigenvalue weighted by Gasteiger charge is 2.19. The van der Waals surface area contributed by atoms with Crippen LogP contribution in [0.25, 0.3) is 11.3 Å². The molecular formula is C22H23N5O6S. The van der Waals surface area contributed by atoms with Gasteiger partial charge in [0.05, 0.1) is 17.5 Å². The van der Waals surface area contributed by atoms with Gasteiger partial charge < -0.3 is 24.8 Å². The normalized spacial score (nSPS) is 12.5. The molecule has 0 saturated carbocycles. The number of hydrogen-bond donors (Lipinski definition) is 2. The number of fused-ring (bicyclic) bond motifs is 1. The van der Waals surface area contributed by atoms with E-state index in [9.17, 15) is 13.2 Å². The van der Waals surface area contributed by atoms with Crippen molar-refractivity contribution >= 4 is 33.1 Å². The Hall–Kier alpha value is -3.93. The van der Waals surface area contributed by atoms with Crippen LogP contribution < -0.4 is 24.8 Å². The molecule has 0 fully saturated rings. The smallest absolute Gasteiger partial charge is 0.260 e. The van der Waals surface area contributed by atoms with Crippen molar-refractivity contribution in [1.82, 2.24) is 15.0 Å². The maximum Gasteiger partial charge on any atom is 0.260 e. The van der Waals surface area contributed by atoms with Crippen molar-refractivity contribution in [1.29, 1.82) is 0 Å². The average molecular weight is 486 g/mol. The van der Waals surface area contributed by atoms with Gasteiger partial charge in [-0.15, -0.1) is 0 Å². The molecule has 3 aromatic heterocycles. The summed E-state index contributed by atoms with van der Waals surface area (Å²) in [6.45, 7) is 5.12. The molecule has 0 spiro atoms. The largest absolute Gasteiger partial charge is 0.491 e. The van der Waals surface area contributed by atoms with E-state index in [-0.39, 0.29) is 35.5 Å². The molecule has 34 heavy (non-hydrogen) atoms. The molecule has 3 aromatic rings. The third-order valence-electron chi connectivity index (χ3n) is 4.51. The average Bonchev–Trinajstić information content (AvgIpc) is 3.20. The Kier molecular flexibility index (Phi) is 6.24. The minimum Gasteiger partial charge on any atom is -0.491 e. The number of pyridine rings is 3. The van der Waals surface area contributed by atoms with Gasteiger partial charge in [0.25, 0.3) is 5.88 Å². The molecule has 0 atom stereocenters. The van der Waals surface area contributed by atoms with Crippen LogP contribution in [0.1, 0.15) is 20.8 Å². The number of aromatic nitrogens is 3. The zero-order valence-electron chi connectivity index (χ0n) is 18.9. The fraction of sp³-hybridized carbons (Fsp3) is 0.273. The van der Waals surface area contributed by atoms with Crippen molar-refractivity contribution in [3.8, 4) is 28.6 Å². The summed E-state index contributed by atoms with van der Waals surface area (Å²) < 4.78 is 40.8. The number of hydrogen-bond acceptors (Lipinski definition) is 10. The van der Waals surface area contributed by atoms with Gasteiger partial charge in [0.1, 0.15) is 17.4 Å². The highest BCUT2D eigenvalue weighted by Crippen LogP contribution is 2.36. The molecule has 0 bridgehead atoms. The molecule has 4 heterocycles. The Balaban J connectivity index is 1.80. The fourth-order valence-electron chi connectivity index (χ4n) is 3.16. The molecule has 1 aliphatic heterocycles. The van der Waals surface area contributed by atoms with Crippen LogP contribution in [0.15, 0.2) is 41.6 Å². The van der Waals surface area contributed by atoms with Crippen LogP contribution in [0, 0.1) is 0 Å². The van der Waals surface area contributed by atoms with Gasteiger partial charge in [-0.3, -0.25) is 4.79 Å². The van der Waals surface area contributed by atoms with E-state index in [2.05, 4.69) is 25.6 Å². The van der Waals surface area contributed by atoms with E-state index < -0.39 is 9.84 Å². The zero-order valence-corrected chi connectivity index (χ0v) is 19.8. The molecular weight excluding hydrogens is 462 g/mol. The number of nitrogens with zero attached hydrogens (tertiary/aromatic N) is 3. The van der Waals surface area contributed by atoms with E-state index in [0.29, 0.717) is 34.3 Å². The summed E-state index contributed by atoms with van der Waals surface area (Å²) in [5.41, 5.74) is 1.55. The minimum atomic E-state index is -3.61. The summed E-state index contributed by atoms with van der Waals surface area (Å²) in [4.78, 5) is 24.6. The van der Waals surface area contributed by atoms with Crippen LogP contribution in [0.3, 0.4) is 0 Å². The molecule has 0 radical (unpaired) electrons. The molecule has 0 aromatic carbocycles. The second-order valence-electron chi connectivity index (χ2n) is 7.79. The predicted molar refractivity (Wildman–Crippen MR) is 124 cm³/mol. The van der Waals surface area contributed by atoms with Crippen LogP contribution in [0.5, 0.6) is 17.4 Å². The number of ether oxygens (including phenoxy) is 3. The van der Waals surface area contributed by atoms with Gasteiger partial charge in [0, 0.05) is 43.1 Å². The van der Waals surface area contributed by atoms with Gasteiger partial charge in [-0.25, -0.2) is 23.4 Å². The van der Waals surface area contributed by atoms with Crippen LogP contribution in [0.2, 0.25) is 0 Å². The Morgan fingerprint density at radius 1 is 1.12 bits per heavy atom. The van der Waals surface area contributed by atoms with Crippen molar-refractivity contribution in [2.75, 3.05) is 23.7 Å². The number of sulfone groups is 1.